The Bertz CT molecular complexity index is 3480. The highest BCUT2D eigenvalue weighted by Gasteiger charge is 2.32. The van der Waals surface area contributed by atoms with Crippen molar-refractivity contribution < 1.29 is 0 Å². The fourth-order valence-corrected chi connectivity index (χ4v) is 8.74. The lowest BCUT2D eigenvalue weighted by molar-refractivity contribution is 0.669. The molecule has 1 N–H and O–H groups in total. The van der Waals surface area contributed by atoms with Crippen LogP contribution < -0.4 is 5.32 Å². The molecule has 9 heteroatoms. The van der Waals surface area contributed by atoms with E-state index in [9.17, 15) is 0 Å². The molecule has 11 aromatic rings. The van der Waals surface area contributed by atoms with Crippen molar-refractivity contribution in [3.63, 3.8) is 0 Å². The molecule has 1 unspecified atom stereocenters. The van der Waals surface area contributed by atoms with E-state index in [-0.39, 0.29) is 6.04 Å². The highest BCUT2D eigenvalue weighted by Crippen LogP contribution is 2.48. The van der Waals surface area contributed by atoms with Gasteiger partial charge in [0.05, 0.1) is 40.2 Å². The summed E-state index contributed by atoms with van der Waals surface area (Å²) in [6.07, 6.45) is 3.65. The summed E-state index contributed by atoms with van der Waals surface area (Å²) in [5.41, 5.74) is 11.1. The predicted octanol–water partition coefficient (Wildman–Crippen LogP) is 10.5. The zero-order valence-electron chi connectivity index (χ0n) is 31.5. The first-order chi connectivity index (χ1) is 29.2. The van der Waals surface area contributed by atoms with Gasteiger partial charge in [0.2, 0.25) is 0 Å². The molecule has 0 spiro atoms. The van der Waals surface area contributed by atoms with Crippen LogP contribution >= 0.6 is 0 Å². The molecular weight excluding hydrogens is 727 g/mol. The van der Waals surface area contributed by atoms with Gasteiger partial charge in [-0.05, 0) is 58.5 Å². The smallest absolute Gasteiger partial charge is 0.181 e. The predicted molar refractivity (Wildman–Crippen MR) is 233 cm³/mol. The van der Waals surface area contributed by atoms with Gasteiger partial charge in [0, 0.05) is 56.2 Å². The van der Waals surface area contributed by atoms with Crippen molar-refractivity contribution in [1.82, 2.24) is 45.6 Å². The van der Waals surface area contributed by atoms with Crippen LogP contribution in [-0.4, -0.2) is 40.3 Å². The van der Waals surface area contributed by atoms with Crippen molar-refractivity contribution in [3.8, 4) is 45.4 Å². The number of hydrogen-bond acceptors (Lipinski definition) is 9. The third-order valence-corrected chi connectivity index (χ3v) is 11.5. The number of rotatable bonds is 5. The summed E-state index contributed by atoms with van der Waals surface area (Å²) < 4.78 is 0. The summed E-state index contributed by atoms with van der Waals surface area (Å²) >= 11 is 0. The fraction of sp³-hybridized carbons (Fsp3) is 0.0400. The van der Waals surface area contributed by atoms with Crippen LogP contribution in [-0.2, 0) is 6.54 Å². The fourth-order valence-electron chi connectivity index (χ4n) is 8.74. The van der Waals surface area contributed by atoms with Crippen molar-refractivity contribution in [2.24, 2.45) is 0 Å². The Kier molecular flexibility index (Phi) is 7.54. The molecular formula is C50H31N9. The number of pyridine rings is 2. The van der Waals surface area contributed by atoms with E-state index in [0.29, 0.717) is 28.4 Å². The third kappa shape index (κ3) is 5.44. The average molecular weight is 758 g/mol. The van der Waals surface area contributed by atoms with E-state index >= 15 is 0 Å². The van der Waals surface area contributed by atoms with E-state index in [0.717, 1.165) is 83.4 Å². The van der Waals surface area contributed by atoms with E-state index in [1.54, 1.807) is 6.20 Å². The molecule has 0 fully saturated rings. The number of para-hydroxylation sites is 1. The van der Waals surface area contributed by atoms with Gasteiger partial charge in [0.1, 0.15) is 17.1 Å². The molecule has 0 saturated carbocycles. The second-order valence-corrected chi connectivity index (χ2v) is 14.9. The molecule has 0 radical (unpaired) electrons. The molecule has 0 amide bonds. The monoisotopic (exact) mass is 757 g/mol. The molecule has 0 bridgehead atoms. The first kappa shape index (κ1) is 33.3. The minimum atomic E-state index is -0.174. The first-order valence-corrected chi connectivity index (χ1v) is 19.6. The second-order valence-electron chi connectivity index (χ2n) is 14.9. The van der Waals surface area contributed by atoms with Gasteiger partial charge < -0.3 is 5.32 Å². The zero-order valence-corrected chi connectivity index (χ0v) is 31.5. The molecule has 6 heterocycles. The quantitative estimate of drug-likeness (QED) is 0.183. The molecule has 9 nitrogen and oxygen atoms in total. The van der Waals surface area contributed by atoms with Crippen LogP contribution in [0.15, 0.2) is 164 Å². The maximum Gasteiger partial charge on any atom is 0.181 e. The molecule has 5 aromatic heterocycles. The van der Waals surface area contributed by atoms with Gasteiger partial charge in [0.25, 0.3) is 0 Å². The highest BCUT2D eigenvalue weighted by molar-refractivity contribution is 6.14. The van der Waals surface area contributed by atoms with Crippen molar-refractivity contribution in [2.45, 2.75) is 12.6 Å². The molecule has 12 rings (SSSR count). The van der Waals surface area contributed by atoms with Crippen molar-refractivity contribution in [2.75, 3.05) is 0 Å². The van der Waals surface area contributed by atoms with Crippen LogP contribution in [0.2, 0.25) is 0 Å². The molecule has 1 aliphatic heterocycles. The largest absolute Gasteiger partial charge is 0.302 e. The number of hydrogen-bond donors (Lipinski definition) is 1. The van der Waals surface area contributed by atoms with Gasteiger partial charge >= 0.3 is 0 Å². The van der Waals surface area contributed by atoms with Crippen LogP contribution in [0.3, 0.4) is 0 Å². The van der Waals surface area contributed by atoms with Crippen molar-refractivity contribution in [3.05, 3.63) is 181 Å². The topological polar surface area (TPSA) is 115 Å². The van der Waals surface area contributed by atoms with Crippen LogP contribution in [0.25, 0.3) is 99.7 Å². The Balaban J connectivity index is 1.29. The minimum Gasteiger partial charge on any atom is -0.302 e. The maximum absolute atomic E-state index is 5.45. The Morgan fingerprint density at radius 1 is 0.475 bits per heavy atom. The maximum atomic E-state index is 5.45. The highest BCUT2D eigenvalue weighted by atomic mass is 15.1. The lowest BCUT2D eigenvalue weighted by atomic mass is 9.84. The summed E-state index contributed by atoms with van der Waals surface area (Å²) in [6.45, 7) is 0.726. The number of aromatic nitrogens is 8. The van der Waals surface area contributed by atoms with E-state index in [2.05, 4.69) is 107 Å². The van der Waals surface area contributed by atoms with Gasteiger partial charge in [-0.2, -0.15) is 5.10 Å². The number of nitrogens with zero attached hydrogens (tertiary/aromatic N) is 8. The van der Waals surface area contributed by atoms with E-state index in [4.69, 9.17) is 30.1 Å². The average Bonchev–Trinajstić information content (AvgIpc) is 3.74. The van der Waals surface area contributed by atoms with Gasteiger partial charge in [0.15, 0.2) is 5.82 Å². The number of nitrogens with one attached hydrogen (secondary N) is 1. The number of fused-ring (bicyclic) bond motifs is 6. The van der Waals surface area contributed by atoms with E-state index in [1.807, 2.05) is 66.9 Å². The molecule has 6 aromatic carbocycles. The Morgan fingerprint density at radius 2 is 1.22 bits per heavy atom. The summed E-state index contributed by atoms with van der Waals surface area (Å²) in [5, 5.41) is 29.2. The zero-order chi connectivity index (χ0) is 38.9. The standard InChI is InChI=1S/C50H31N9/c1-6-16-34-29(11-1)23-24-51-47(34)45-43(40-22-21-30-12-4-9-19-38(30)54-40)37(46-35-17-7-2-14-32(35)27-52-46)26-41-44(45)49(42-25-31-13-5-10-20-39(31)57-58-42)56-50(55-41)48-36-18-8-3-15-33(36)28-53-59-48/h1-26,28,46,52H,27H2. The van der Waals surface area contributed by atoms with Crippen molar-refractivity contribution in [1.29, 1.82) is 0 Å². The van der Waals surface area contributed by atoms with E-state index < -0.39 is 0 Å². The van der Waals surface area contributed by atoms with Gasteiger partial charge in [-0.15, -0.1) is 15.3 Å². The van der Waals surface area contributed by atoms with E-state index in [1.165, 1.54) is 11.1 Å². The number of benzene rings is 6. The Labute approximate surface area is 337 Å². The second kappa shape index (κ2) is 13.4. The molecule has 0 aliphatic carbocycles. The minimum absolute atomic E-state index is 0.174. The first-order valence-electron chi connectivity index (χ1n) is 19.6. The SMILES string of the molecule is c1ccc2c(c1)CNC2c1cc2nc(-c3nncc4ccccc34)nc(-c3cc4ccccc4nn3)c2c(-c2nccc3ccccc23)c1-c1ccc2ccccc2n1. The third-order valence-electron chi connectivity index (χ3n) is 11.5. The summed E-state index contributed by atoms with van der Waals surface area (Å²) in [6, 6.07) is 51.7. The summed E-state index contributed by atoms with van der Waals surface area (Å²) in [4.78, 5) is 21.5. The molecule has 59 heavy (non-hydrogen) atoms. The molecule has 0 saturated heterocycles. The lowest BCUT2D eigenvalue weighted by Crippen LogP contribution is -2.16. The summed E-state index contributed by atoms with van der Waals surface area (Å²) in [5.74, 6) is 0.436. The van der Waals surface area contributed by atoms with Crippen LogP contribution in [0.5, 0.6) is 0 Å². The lowest BCUT2D eigenvalue weighted by Gasteiger charge is -2.24. The Hall–Kier alpha value is -7.88. The normalized spacial score (nSPS) is 13.8. The summed E-state index contributed by atoms with van der Waals surface area (Å²) in [7, 11) is 0. The van der Waals surface area contributed by atoms with Gasteiger partial charge in [-0.3, -0.25) is 4.98 Å². The Morgan fingerprint density at radius 3 is 2.12 bits per heavy atom. The van der Waals surface area contributed by atoms with Gasteiger partial charge in [-0.1, -0.05) is 115 Å². The van der Waals surface area contributed by atoms with Crippen LogP contribution in [0, 0.1) is 0 Å². The molecule has 1 atom stereocenters. The van der Waals surface area contributed by atoms with Crippen LogP contribution in [0.1, 0.15) is 22.7 Å². The van der Waals surface area contributed by atoms with Crippen molar-refractivity contribution >= 4 is 54.3 Å². The van der Waals surface area contributed by atoms with Crippen LogP contribution in [0.4, 0.5) is 0 Å². The molecule has 276 valence electrons. The molecule has 1 aliphatic rings. The van der Waals surface area contributed by atoms with Gasteiger partial charge in [-0.25, -0.2) is 15.0 Å².